The molecule has 16 nitrogen and oxygen atoms in total. The summed E-state index contributed by atoms with van der Waals surface area (Å²) < 4.78 is 34.4. The molecule has 2 aromatic rings. The average molecular weight is 667 g/mol. The molecular weight excluding hydrogens is 628 g/mol. The molecule has 2 saturated heterocycles. The van der Waals surface area contributed by atoms with Crippen molar-refractivity contribution in [1.29, 1.82) is 0 Å². The van der Waals surface area contributed by atoms with Crippen LogP contribution in [0.2, 0.25) is 0 Å². The number of benzene rings is 2. The smallest absolute Gasteiger partial charge is 0.331 e. The largest absolute Gasteiger partial charge is 0.504 e. The fourth-order valence-corrected chi connectivity index (χ4v) is 5.05. The second-order valence-electron chi connectivity index (χ2n) is 11.0. The van der Waals surface area contributed by atoms with Gasteiger partial charge in [-0.15, -0.1) is 0 Å². The summed E-state index contributed by atoms with van der Waals surface area (Å²) in [6.07, 6.45) is -12.7. The summed E-state index contributed by atoms with van der Waals surface area (Å²) in [4.78, 5) is 25.3. The van der Waals surface area contributed by atoms with Crippen LogP contribution in [0, 0.1) is 0 Å². The number of rotatable bonds is 11. The Morgan fingerprint density at radius 1 is 0.809 bits per heavy atom. The van der Waals surface area contributed by atoms with Crippen LogP contribution in [-0.2, 0) is 44.4 Å². The quantitative estimate of drug-likeness (QED) is 0.0859. The average Bonchev–Trinajstić information content (AvgIpc) is 3.03. The first kappa shape index (κ1) is 35.8. The van der Waals surface area contributed by atoms with Crippen LogP contribution < -0.4 is 0 Å². The van der Waals surface area contributed by atoms with Crippen LogP contribution in [0.4, 0.5) is 0 Å². The number of aliphatic hydroxyl groups excluding tert-OH is 4. The number of phenolic OH excluding ortho intramolecular Hbond substituents is 4. The molecule has 4 rings (SSSR count). The van der Waals surface area contributed by atoms with E-state index in [4.69, 9.17) is 28.4 Å². The molecule has 10 atom stereocenters. The fourth-order valence-electron chi connectivity index (χ4n) is 5.05. The van der Waals surface area contributed by atoms with Gasteiger partial charge in [-0.1, -0.05) is 12.1 Å². The van der Waals surface area contributed by atoms with Crippen molar-refractivity contribution < 1.29 is 78.9 Å². The van der Waals surface area contributed by atoms with Gasteiger partial charge in [0.15, 0.2) is 47.8 Å². The molecule has 2 aromatic carbocycles. The van der Waals surface area contributed by atoms with Crippen molar-refractivity contribution >= 4 is 18.0 Å². The summed E-state index contributed by atoms with van der Waals surface area (Å²) in [5.41, 5.74) is 0.879. The number of carbonyl (C=O) groups excluding carboxylic acids is 2. The number of carbonyl (C=O) groups is 2. The van der Waals surface area contributed by atoms with Crippen molar-refractivity contribution in [2.75, 3.05) is 13.2 Å². The molecule has 8 N–H and O–H groups in total. The van der Waals surface area contributed by atoms with E-state index in [1.807, 2.05) is 0 Å². The lowest BCUT2D eigenvalue weighted by Gasteiger charge is -2.47. The van der Waals surface area contributed by atoms with Crippen LogP contribution >= 0.6 is 0 Å². The Morgan fingerprint density at radius 2 is 1.49 bits per heavy atom. The standard InChI is InChI=1S/C31H38O16/c1-14-24(39)25(40)26(41)30(43-14)47-28-27(46-23(38)8-5-16-3-6-18(34)20(36)11-16)22(13-32)45-31(29(28)44-15(2)33)42-10-9-17-4-7-19(35)21(37)12-17/h3-8,11-12,14,22,24-32,34-37,39-41H,9-10,13H2,1-2H3/b8-5+/t14-,22+,24-,25+,26+,27+,28-,29+,30-,31+/m1/s1. The predicted molar refractivity (Wildman–Crippen MR) is 157 cm³/mol. The van der Waals surface area contributed by atoms with Gasteiger partial charge in [0, 0.05) is 13.0 Å². The summed E-state index contributed by atoms with van der Waals surface area (Å²) in [6.45, 7) is 1.62. The molecule has 0 amide bonds. The van der Waals surface area contributed by atoms with Gasteiger partial charge in [-0.2, -0.15) is 0 Å². The van der Waals surface area contributed by atoms with E-state index < -0.39 is 85.7 Å². The van der Waals surface area contributed by atoms with Gasteiger partial charge >= 0.3 is 11.9 Å². The van der Waals surface area contributed by atoms with Gasteiger partial charge in [-0.3, -0.25) is 4.79 Å². The van der Waals surface area contributed by atoms with Crippen molar-refractivity contribution in [3.05, 3.63) is 53.6 Å². The van der Waals surface area contributed by atoms with E-state index in [0.717, 1.165) is 13.0 Å². The highest BCUT2D eigenvalue weighted by Crippen LogP contribution is 2.33. The Balaban J connectivity index is 1.61. The van der Waals surface area contributed by atoms with Crippen LogP contribution in [0.3, 0.4) is 0 Å². The molecule has 0 bridgehead atoms. The van der Waals surface area contributed by atoms with E-state index in [-0.39, 0.29) is 30.3 Å². The topological polar surface area (TPSA) is 251 Å². The first-order chi connectivity index (χ1) is 22.3. The lowest BCUT2D eigenvalue weighted by molar-refractivity contribution is -0.358. The first-order valence-electron chi connectivity index (χ1n) is 14.6. The third-order valence-electron chi connectivity index (χ3n) is 7.55. The minimum absolute atomic E-state index is 0.103. The van der Waals surface area contributed by atoms with Crippen LogP contribution in [0.15, 0.2) is 42.5 Å². The van der Waals surface area contributed by atoms with E-state index in [1.54, 1.807) is 0 Å². The molecule has 0 aliphatic carbocycles. The second-order valence-corrected chi connectivity index (χ2v) is 11.0. The summed E-state index contributed by atoms with van der Waals surface area (Å²) in [5, 5.41) is 80.1. The molecule has 0 aromatic heterocycles. The Labute approximate surface area is 268 Å². The van der Waals surface area contributed by atoms with E-state index in [0.29, 0.717) is 11.1 Å². The molecule has 47 heavy (non-hydrogen) atoms. The Kier molecular flexibility index (Phi) is 12.0. The van der Waals surface area contributed by atoms with Crippen molar-refractivity contribution in [3.8, 4) is 23.0 Å². The summed E-state index contributed by atoms with van der Waals surface area (Å²) in [7, 11) is 0. The maximum absolute atomic E-state index is 13.0. The number of hydrogen-bond donors (Lipinski definition) is 8. The third kappa shape index (κ3) is 8.88. The van der Waals surface area contributed by atoms with Gasteiger partial charge in [-0.05, 0) is 54.8 Å². The molecule has 16 heteroatoms. The number of ether oxygens (including phenoxy) is 6. The zero-order valence-electron chi connectivity index (χ0n) is 25.4. The van der Waals surface area contributed by atoms with Crippen molar-refractivity contribution in [2.24, 2.45) is 0 Å². The molecule has 0 radical (unpaired) electrons. The highest BCUT2D eigenvalue weighted by atomic mass is 16.8. The lowest BCUT2D eigenvalue weighted by atomic mass is 9.96. The lowest BCUT2D eigenvalue weighted by Crippen LogP contribution is -2.65. The third-order valence-corrected chi connectivity index (χ3v) is 7.55. The monoisotopic (exact) mass is 666 g/mol. The molecule has 2 aliphatic rings. The van der Waals surface area contributed by atoms with Crippen molar-refractivity contribution in [2.45, 2.75) is 81.7 Å². The Hall–Kier alpha value is -4.00. The van der Waals surface area contributed by atoms with E-state index in [1.165, 1.54) is 49.4 Å². The summed E-state index contributed by atoms with van der Waals surface area (Å²) >= 11 is 0. The van der Waals surface area contributed by atoms with Crippen LogP contribution in [0.5, 0.6) is 23.0 Å². The van der Waals surface area contributed by atoms with Gasteiger partial charge in [0.25, 0.3) is 0 Å². The molecule has 258 valence electrons. The molecule has 0 spiro atoms. The second kappa shape index (κ2) is 15.7. The first-order valence-corrected chi connectivity index (χ1v) is 14.6. The number of esters is 2. The minimum Gasteiger partial charge on any atom is -0.504 e. The zero-order valence-corrected chi connectivity index (χ0v) is 25.4. The van der Waals surface area contributed by atoms with Crippen molar-refractivity contribution in [1.82, 2.24) is 0 Å². The molecule has 0 unspecified atom stereocenters. The highest BCUT2D eigenvalue weighted by molar-refractivity contribution is 5.87. The van der Waals surface area contributed by atoms with Gasteiger partial charge in [-0.25, -0.2) is 4.79 Å². The summed E-state index contributed by atoms with van der Waals surface area (Å²) in [5.74, 6) is -3.31. The molecular formula is C31H38O16. The van der Waals surface area contributed by atoms with Gasteiger partial charge < -0.3 is 69.3 Å². The Bertz CT molecular complexity index is 1410. The molecule has 2 aliphatic heterocycles. The fraction of sp³-hybridized carbons (Fsp3) is 0.484. The molecule has 2 heterocycles. The maximum atomic E-state index is 13.0. The highest BCUT2D eigenvalue weighted by Gasteiger charge is 2.54. The maximum Gasteiger partial charge on any atom is 0.331 e. The van der Waals surface area contributed by atoms with E-state index in [2.05, 4.69) is 0 Å². The molecule has 0 saturated carbocycles. The normalized spacial score (nSPS) is 31.0. The number of aromatic hydroxyl groups is 4. The SMILES string of the molecule is CC(=O)O[C@@H]1[C@@H](OCCc2ccc(O)c(O)c2)O[C@@H](CO)[C@H](OC(=O)/C=C/c2ccc(O)c(O)c2)[C@H]1O[C@H]1O[C@H](C)[C@@H](O)[C@H](O)[C@@H]1O. The predicted octanol–water partition coefficient (Wildman–Crippen LogP) is -0.445. The Morgan fingerprint density at radius 3 is 2.13 bits per heavy atom. The minimum atomic E-state index is -1.81. The van der Waals surface area contributed by atoms with Gasteiger partial charge in [0.2, 0.25) is 0 Å². The van der Waals surface area contributed by atoms with Crippen LogP contribution in [-0.4, -0.2) is 127 Å². The number of phenols is 4. The van der Waals surface area contributed by atoms with Crippen molar-refractivity contribution in [3.63, 3.8) is 0 Å². The van der Waals surface area contributed by atoms with Gasteiger partial charge in [0.1, 0.15) is 30.5 Å². The van der Waals surface area contributed by atoms with Crippen LogP contribution in [0.1, 0.15) is 25.0 Å². The molecule has 2 fully saturated rings. The zero-order chi connectivity index (χ0) is 34.4. The van der Waals surface area contributed by atoms with Gasteiger partial charge in [0.05, 0.1) is 19.3 Å². The van der Waals surface area contributed by atoms with Crippen LogP contribution in [0.25, 0.3) is 6.08 Å². The van der Waals surface area contributed by atoms with E-state index >= 15 is 0 Å². The summed E-state index contributed by atoms with van der Waals surface area (Å²) in [6, 6.07) is 7.94. The number of hydrogen-bond acceptors (Lipinski definition) is 16. The number of aliphatic hydroxyl groups is 4. The van der Waals surface area contributed by atoms with E-state index in [9.17, 15) is 50.4 Å².